The Bertz CT molecular complexity index is 980. The molecule has 1 aliphatic rings. The van der Waals surface area contributed by atoms with Crippen LogP contribution in [-0.2, 0) is 17.8 Å². The van der Waals surface area contributed by atoms with E-state index >= 15 is 0 Å². The smallest absolute Gasteiger partial charge is 0.234 e. The number of carbonyl (C=O) groups is 1. The minimum atomic E-state index is -0.0679. The number of hydrogen-bond acceptors (Lipinski definition) is 5. The number of aromatic nitrogens is 2. The first-order valence-electron chi connectivity index (χ1n) is 9.01. The molecule has 0 spiro atoms. The fourth-order valence-corrected chi connectivity index (χ4v) is 4.17. The molecule has 0 fully saturated rings. The van der Waals surface area contributed by atoms with Gasteiger partial charge in [0.2, 0.25) is 5.91 Å². The molecular weight excluding hydrogens is 436 g/mol. The lowest BCUT2D eigenvalue weighted by Crippen LogP contribution is -2.31. The Morgan fingerprint density at radius 1 is 1.07 bits per heavy atom. The molecular formula is C21H19BrN4OS. The number of rotatable bonds is 5. The normalized spacial score (nSPS) is 13.1. The third kappa shape index (κ3) is 4.72. The molecule has 0 aliphatic carbocycles. The molecule has 2 heterocycles. The fraction of sp³-hybridized carbons (Fsp3) is 0.190. The monoisotopic (exact) mass is 454 g/mol. The highest BCUT2D eigenvalue weighted by Crippen LogP contribution is 2.24. The molecule has 0 radical (unpaired) electrons. The van der Waals surface area contributed by atoms with Gasteiger partial charge >= 0.3 is 0 Å². The van der Waals surface area contributed by atoms with Crippen LogP contribution in [0.1, 0.15) is 11.1 Å². The van der Waals surface area contributed by atoms with Gasteiger partial charge in [0.05, 0.1) is 5.75 Å². The molecule has 2 aromatic carbocycles. The van der Waals surface area contributed by atoms with Gasteiger partial charge in [-0.3, -0.25) is 4.79 Å². The molecule has 142 valence electrons. The highest BCUT2D eigenvalue weighted by molar-refractivity contribution is 9.10. The Morgan fingerprint density at radius 3 is 2.71 bits per heavy atom. The molecule has 1 aliphatic heterocycles. The van der Waals surface area contributed by atoms with Gasteiger partial charge in [-0.25, -0.2) is 0 Å². The second-order valence-electron chi connectivity index (χ2n) is 6.52. The predicted octanol–water partition coefficient (Wildman–Crippen LogP) is 4.53. The van der Waals surface area contributed by atoms with Gasteiger partial charge in [-0.2, -0.15) is 0 Å². The summed E-state index contributed by atoms with van der Waals surface area (Å²) in [7, 11) is 0. The predicted molar refractivity (Wildman–Crippen MR) is 117 cm³/mol. The van der Waals surface area contributed by atoms with E-state index in [4.69, 9.17) is 0 Å². The van der Waals surface area contributed by atoms with Crippen LogP contribution in [0.3, 0.4) is 0 Å². The number of halogens is 1. The van der Waals surface area contributed by atoms with E-state index in [1.807, 2.05) is 36.4 Å². The van der Waals surface area contributed by atoms with Crippen molar-refractivity contribution in [1.29, 1.82) is 0 Å². The number of hydrogen-bond donors (Lipinski definition) is 1. The number of benzene rings is 2. The molecule has 0 bridgehead atoms. The van der Waals surface area contributed by atoms with Crippen molar-refractivity contribution in [2.24, 2.45) is 0 Å². The average molecular weight is 455 g/mol. The van der Waals surface area contributed by atoms with E-state index in [9.17, 15) is 4.79 Å². The summed E-state index contributed by atoms with van der Waals surface area (Å²) in [5.41, 5.74) is 3.53. The third-order valence-electron chi connectivity index (χ3n) is 4.54. The maximum Gasteiger partial charge on any atom is 0.234 e. The second-order valence-corrected chi connectivity index (χ2v) is 8.43. The first-order valence-corrected chi connectivity index (χ1v) is 10.8. The molecule has 3 aromatic rings. The van der Waals surface area contributed by atoms with Crippen molar-refractivity contribution in [3.05, 3.63) is 76.3 Å². The Morgan fingerprint density at radius 2 is 1.93 bits per heavy atom. The Labute approximate surface area is 176 Å². The van der Waals surface area contributed by atoms with Gasteiger partial charge in [-0.05, 0) is 47.9 Å². The van der Waals surface area contributed by atoms with Crippen LogP contribution in [-0.4, -0.2) is 28.4 Å². The van der Waals surface area contributed by atoms with Crippen LogP contribution >= 0.6 is 27.7 Å². The van der Waals surface area contributed by atoms with Gasteiger partial charge in [0.1, 0.15) is 5.03 Å². The summed E-state index contributed by atoms with van der Waals surface area (Å²) >= 11 is 4.78. The highest BCUT2D eigenvalue weighted by Gasteiger charge is 2.17. The van der Waals surface area contributed by atoms with Crippen LogP contribution in [0.2, 0.25) is 0 Å². The molecule has 1 N–H and O–H groups in total. The van der Waals surface area contributed by atoms with E-state index in [0.29, 0.717) is 0 Å². The summed E-state index contributed by atoms with van der Waals surface area (Å²) in [6.45, 7) is 1.79. The van der Waals surface area contributed by atoms with Crippen molar-refractivity contribution in [3.63, 3.8) is 0 Å². The van der Waals surface area contributed by atoms with Crippen molar-refractivity contribution in [3.8, 4) is 0 Å². The van der Waals surface area contributed by atoms with Crippen molar-refractivity contribution in [1.82, 2.24) is 10.2 Å². The standard InChI is InChI=1S/C21H19BrN4OS/c22-17-6-3-7-18(12-17)23-20(27)14-28-21-9-8-19(24-25-21)26-11-10-15-4-1-2-5-16(15)13-26/h1-9,12H,10-11,13-14H2,(H,23,27). The maximum absolute atomic E-state index is 12.1. The van der Waals surface area contributed by atoms with Gasteiger partial charge in [-0.15, -0.1) is 10.2 Å². The molecule has 1 amide bonds. The Balaban J connectivity index is 1.32. The van der Waals surface area contributed by atoms with Crippen molar-refractivity contribution in [2.75, 3.05) is 22.5 Å². The number of carbonyl (C=O) groups excluding carboxylic acids is 1. The molecule has 28 heavy (non-hydrogen) atoms. The van der Waals surface area contributed by atoms with Crippen LogP contribution < -0.4 is 10.2 Å². The number of fused-ring (bicyclic) bond motifs is 1. The van der Waals surface area contributed by atoms with E-state index in [1.54, 1.807) is 0 Å². The van der Waals surface area contributed by atoms with Crippen LogP contribution in [0.4, 0.5) is 11.5 Å². The molecule has 0 saturated heterocycles. The zero-order chi connectivity index (χ0) is 19.3. The van der Waals surface area contributed by atoms with E-state index in [0.717, 1.165) is 40.5 Å². The van der Waals surface area contributed by atoms with E-state index < -0.39 is 0 Å². The van der Waals surface area contributed by atoms with Gasteiger partial charge in [0.25, 0.3) is 0 Å². The van der Waals surface area contributed by atoms with E-state index in [2.05, 4.69) is 60.6 Å². The number of nitrogens with one attached hydrogen (secondary N) is 1. The van der Waals surface area contributed by atoms with Gasteiger partial charge in [0, 0.05) is 23.2 Å². The Kier molecular flexibility index (Phi) is 5.92. The summed E-state index contributed by atoms with van der Waals surface area (Å²) in [4.78, 5) is 14.4. The van der Waals surface area contributed by atoms with E-state index in [1.165, 1.54) is 22.9 Å². The van der Waals surface area contributed by atoms with Crippen molar-refractivity contribution in [2.45, 2.75) is 18.0 Å². The van der Waals surface area contributed by atoms with Crippen LogP contribution in [0, 0.1) is 0 Å². The van der Waals surface area contributed by atoms with Crippen LogP contribution in [0.25, 0.3) is 0 Å². The lowest BCUT2D eigenvalue weighted by atomic mass is 10.00. The number of thioether (sulfide) groups is 1. The largest absolute Gasteiger partial charge is 0.350 e. The molecule has 0 unspecified atom stereocenters. The first-order chi connectivity index (χ1) is 13.7. The summed E-state index contributed by atoms with van der Waals surface area (Å²) in [5.74, 6) is 1.09. The molecule has 1 aromatic heterocycles. The molecule has 5 nitrogen and oxygen atoms in total. The summed E-state index contributed by atoms with van der Waals surface area (Å²) < 4.78 is 0.930. The minimum absolute atomic E-state index is 0.0679. The summed E-state index contributed by atoms with van der Waals surface area (Å²) in [5, 5.41) is 12.3. The lowest BCUT2D eigenvalue weighted by molar-refractivity contribution is -0.113. The average Bonchev–Trinajstić information content (AvgIpc) is 2.72. The fourth-order valence-electron chi connectivity index (χ4n) is 3.15. The zero-order valence-electron chi connectivity index (χ0n) is 15.1. The maximum atomic E-state index is 12.1. The van der Waals surface area contributed by atoms with Crippen molar-refractivity contribution >= 4 is 45.1 Å². The number of amides is 1. The second kappa shape index (κ2) is 8.75. The number of anilines is 2. The molecule has 0 atom stereocenters. The van der Waals surface area contributed by atoms with Crippen LogP contribution in [0.15, 0.2) is 70.2 Å². The van der Waals surface area contributed by atoms with Gasteiger partial charge < -0.3 is 10.2 Å². The SMILES string of the molecule is O=C(CSc1ccc(N2CCc3ccccc3C2)nn1)Nc1cccc(Br)c1. The summed E-state index contributed by atoms with van der Waals surface area (Å²) in [6, 6.07) is 20.0. The topological polar surface area (TPSA) is 58.1 Å². The molecule has 4 rings (SSSR count). The lowest BCUT2D eigenvalue weighted by Gasteiger charge is -2.29. The highest BCUT2D eigenvalue weighted by atomic mass is 79.9. The quantitative estimate of drug-likeness (QED) is 0.573. The van der Waals surface area contributed by atoms with Gasteiger partial charge in [0.15, 0.2) is 5.82 Å². The minimum Gasteiger partial charge on any atom is -0.350 e. The van der Waals surface area contributed by atoms with Crippen LogP contribution in [0.5, 0.6) is 0 Å². The zero-order valence-corrected chi connectivity index (χ0v) is 17.5. The molecule has 0 saturated carbocycles. The first kappa shape index (κ1) is 19.0. The van der Waals surface area contributed by atoms with E-state index in [-0.39, 0.29) is 11.7 Å². The number of nitrogens with zero attached hydrogens (tertiary/aromatic N) is 3. The van der Waals surface area contributed by atoms with Crippen molar-refractivity contribution < 1.29 is 4.79 Å². The summed E-state index contributed by atoms with van der Waals surface area (Å²) in [6.07, 6.45) is 1.02. The van der Waals surface area contributed by atoms with Gasteiger partial charge in [-0.1, -0.05) is 58.0 Å². The third-order valence-corrected chi connectivity index (χ3v) is 5.95. The molecule has 7 heteroatoms. The Hall–Kier alpha value is -2.38.